The third-order valence-corrected chi connectivity index (χ3v) is 3.78. The molecule has 1 aromatic heterocycles. The Morgan fingerprint density at radius 2 is 2.54 bits per heavy atom. The van der Waals surface area contributed by atoms with Crippen LogP contribution in [0.1, 0.15) is 18.9 Å². The molecule has 72 valence electrons. The third kappa shape index (κ3) is 1.40. The van der Waals surface area contributed by atoms with E-state index in [2.05, 4.69) is 0 Å². The van der Waals surface area contributed by atoms with Crippen LogP contribution in [0.25, 0.3) is 0 Å². The molecule has 0 radical (unpaired) electrons. The number of hydrogen-bond donors (Lipinski definition) is 1. The van der Waals surface area contributed by atoms with Crippen LogP contribution in [0.5, 0.6) is 0 Å². The van der Waals surface area contributed by atoms with E-state index in [-0.39, 0.29) is 6.10 Å². The van der Waals surface area contributed by atoms with E-state index in [1.165, 1.54) is 11.3 Å². The number of thiophene rings is 1. The zero-order valence-corrected chi connectivity index (χ0v) is 8.86. The van der Waals surface area contributed by atoms with Gasteiger partial charge in [0.15, 0.2) is 0 Å². The van der Waals surface area contributed by atoms with Gasteiger partial charge in [-0.05, 0) is 18.4 Å². The molecule has 0 amide bonds. The highest BCUT2D eigenvalue weighted by molar-refractivity contribution is 7.14. The van der Waals surface area contributed by atoms with Gasteiger partial charge in [0.05, 0.1) is 17.0 Å². The minimum Gasteiger partial charge on any atom is -0.382 e. The number of halogens is 1. The molecule has 0 aliphatic carbocycles. The van der Waals surface area contributed by atoms with Crippen molar-refractivity contribution in [1.82, 2.24) is 0 Å². The Balaban J connectivity index is 2.39. The standard InChI is InChI=1S/C9H11ClO2S/c1-6-9(11,3-4-12-6)7-2-5-13-8(7)10/h2,5-6,11H,3-4H2,1H3. The highest BCUT2D eigenvalue weighted by Crippen LogP contribution is 2.41. The second-order valence-electron chi connectivity index (χ2n) is 3.30. The molecule has 0 bridgehead atoms. The van der Waals surface area contributed by atoms with Gasteiger partial charge in [-0.2, -0.15) is 0 Å². The molecule has 2 unspecified atom stereocenters. The van der Waals surface area contributed by atoms with E-state index in [0.29, 0.717) is 17.4 Å². The molecule has 1 N–H and O–H groups in total. The lowest BCUT2D eigenvalue weighted by Crippen LogP contribution is -2.32. The summed E-state index contributed by atoms with van der Waals surface area (Å²) in [6.07, 6.45) is 0.463. The monoisotopic (exact) mass is 218 g/mol. The first kappa shape index (κ1) is 9.46. The van der Waals surface area contributed by atoms with Gasteiger partial charge in [0.2, 0.25) is 0 Å². The summed E-state index contributed by atoms with van der Waals surface area (Å²) < 4.78 is 6.01. The van der Waals surface area contributed by atoms with Gasteiger partial charge in [-0.15, -0.1) is 11.3 Å². The Kier molecular flexibility index (Phi) is 2.36. The molecule has 2 heterocycles. The fourth-order valence-electron chi connectivity index (χ4n) is 1.69. The molecule has 0 spiro atoms. The second kappa shape index (κ2) is 3.24. The predicted octanol–water partition coefficient (Wildman–Crippen LogP) is 2.40. The normalized spacial score (nSPS) is 33.9. The van der Waals surface area contributed by atoms with Crippen molar-refractivity contribution < 1.29 is 9.84 Å². The zero-order valence-electron chi connectivity index (χ0n) is 7.29. The van der Waals surface area contributed by atoms with Gasteiger partial charge in [-0.1, -0.05) is 11.6 Å². The highest BCUT2D eigenvalue weighted by atomic mass is 35.5. The van der Waals surface area contributed by atoms with Gasteiger partial charge in [0, 0.05) is 12.0 Å². The summed E-state index contributed by atoms with van der Waals surface area (Å²) in [4.78, 5) is 0. The van der Waals surface area contributed by atoms with Crippen molar-refractivity contribution in [2.24, 2.45) is 0 Å². The van der Waals surface area contributed by atoms with Gasteiger partial charge in [-0.3, -0.25) is 0 Å². The Morgan fingerprint density at radius 1 is 1.77 bits per heavy atom. The molecule has 13 heavy (non-hydrogen) atoms. The minimum atomic E-state index is -0.878. The van der Waals surface area contributed by atoms with Crippen molar-refractivity contribution in [3.8, 4) is 0 Å². The molecule has 2 nitrogen and oxygen atoms in total. The van der Waals surface area contributed by atoms with Crippen molar-refractivity contribution in [2.45, 2.75) is 25.0 Å². The smallest absolute Gasteiger partial charge is 0.120 e. The summed E-state index contributed by atoms with van der Waals surface area (Å²) >= 11 is 7.42. The van der Waals surface area contributed by atoms with Crippen LogP contribution < -0.4 is 0 Å². The molecule has 0 aromatic carbocycles. The van der Waals surface area contributed by atoms with Crippen LogP contribution in [-0.4, -0.2) is 17.8 Å². The molecule has 0 saturated carbocycles. The lowest BCUT2D eigenvalue weighted by atomic mass is 9.90. The van der Waals surface area contributed by atoms with Gasteiger partial charge in [0.1, 0.15) is 5.60 Å². The van der Waals surface area contributed by atoms with Crippen LogP contribution in [0.4, 0.5) is 0 Å². The van der Waals surface area contributed by atoms with Crippen LogP contribution in [0.3, 0.4) is 0 Å². The first-order chi connectivity index (χ1) is 6.14. The van der Waals surface area contributed by atoms with Crippen molar-refractivity contribution in [3.05, 3.63) is 21.3 Å². The van der Waals surface area contributed by atoms with Gasteiger partial charge in [-0.25, -0.2) is 0 Å². The van der Waals surface area contributed by atoms with Crippen molar-refractivity contribution in [2.75, 3.05) is 6.61 Å². The molecular weight excluding hydrogens is 208 g/mol. The molecule has 2 atom stereocenters. The largest absolute Gasteiger partial charge is 0.382 e. The maximum absolute atomic E-state index is 10.3. The third-order valence-electron chi connectivity index (χ3n) is 2.61. The van der Waals surface area contributed by atoms with Crippen LogP contribution in [0.2, 0.25) is 4.34 Å². The molecule has 1 aromatic rings. The average Bonchev–Trinajstić information content (AvgIpc) is 2.62. The van der Waals surface area contributed by atoms with E-state index in [9.17, 15) is 5.11 Å². The van der Waals surface area contributed by atoms with E-state index >= 15 is 0 Å². The summed E-state index contributed by atoms with van der Waals surface area (Å²) in [6.45, 7) is 2.48. The van der Waals surface area contributed by atoms with Crippen molar-refractivity contribution in [3.63, 3.8) is 0 Å². The first-order valence-corrected chi connectivity index (χ1v) is 5.48. The molecule has 1 aliphatic heterocycles. The van der Waals surface area contributed by atoms with E-state index < -0.39 is 5.60 Å². The fraction of sp³-hybridized carbons (Fsp3) is 0.556. The average molecular weight is 219 g/mol. The number of rotatable bonds is 1. The molecule has 1 saturated heterocycles. The SMILES string of the molecule is CC1OCCC1(O)c1ccsc1Cl. The maximum atomic E-state index is 10.3. The summed E-state index contributed by atoms with van der Waals surface area (Å²) in [5.74, 6) is 0. The van der Waals surface area contributed by atoms with Gasteiger partial charge in [0.25, 0.3) is 0 Å². The summed E-state index contributed by atoms with van der Waals surface area (Å²) in [6, 6.07) is 1.87. The molecule has 1 fully saturated rings. The van der Waals surface area contributed by atoms with Gasteiger partial charge < -0.3 is 9.84 Å². The number of ether oxygens (including phenoxy) is 1. The van der Waals surface area contributed by atoms with E-state index in [1.54, 1.807) is 0 Å². The topological polar surface area (TPSA) is 29.5 Å². The van der Waals surface area contributed by atoms with Crippen LogP contribution in [0, 0.1) is 0 Å². The summed E-state index contributed by atoms with van der Waals surface area (Å²) in [5.41, 5.74) is -0.0685. The van der Waals surface area contributed by atoms with Crippen molar-refractivity contribution in [1.29, 1.82) is 0 Å². The highest BCUT2D eigenvalue weighted by Gasteiger charge is 2.42. The molecule has 2 rings (SSSR count). The fourth-order valence-corrected chi connectivity index (χ4v) is 2.77. The molecule has 4 heteroatoms. The van der Waals surface area contributed by atoms with Crippen molar-refractivity contribution >= 4 is 22.9 Å². The Bertz CT molecular complexity index is 312. The van der Waals surface area contributed by atoms with E-state index in [1.807, 2.05) is 18.4 Å². The number of aliphatic hydroxyl groups is 1. The summed E-state index contributed by atoms with van der Waals surface area (Å²) in [5, 5.41) is 12.2. The lowest BCUT2D eigenvalue weighted by Gasteiger charge is -2.25. The second-order valence-corrected chi connectivity index (χ2v) is 4.81. The maximum Gasteiger partial charge on any atom is 0.120 e. The van der Waals surface area contributed by atoms with Crippen LogP contribution in [0.15, 0.2) is 11.4 Å². The van der Waals surface area contributed by atoms with E-state index in [4.69, 9.17) is 16.3 Å². The predicted molar refractivity (Wildman–Crippen MR) is 53.3 cm³/mol. The Labute approximate surface area is 86.1 Å². The zero-order chi connectivity index (χ0) is 9.47. The quantitative estimate of drug-likeness (QED) is 0.785. The minimum absolute atomic E-state index is 0.167. The van der Waals surface area contributed by atoms with E-state index in [0.717, 1.165) is 5.56 Å². The molecular formula is C9H11ClO2S. The number of hydrogen-bond acceptors (Lipinski definition) is 3. The van der Waals surface area contributed by atoms with Gasteiger partial charge >= 0.3 is 0 Å². The first-order valence-electron chi connectivity index (χ1n) is 4.22. The lowest BCUT2D eigenvalue weighted by molar-refractivity contribution is -0.0313. The van der Waals surface area contributed by atoms with Crippen LogP contribution >= 0.6 is 22.9 Å². The molecule has 1 aliphatic rings. The Morgan fingerprint density at radius 3 is 3.00 bits per heavy atom. The Hall–Kier alpha value is -0.0900. The van der Waals surface area contributed by atoms with Crippen LogP contribution in [-0.2, 0) is 10.3 Å². The summed E-state index contributed by atoms with van der Waals surface area (Å²) in [7, 11) is 0.